The summed E-state index contributed by atoms with van der Waals surface area (Å²) in [4.78, 5) is 23.7. The monoisotopic (exact) mass is 168 g/mol. The number of imide groups is 1. The van der Waals surface area contributed by atoms with Gasteiger partial charge in [0.1, 0.15) is 6.54 Å². The van der Waals surface area contributed by atoms with Crippen molar-refractivity contribution in [3.8, 4) is 0 Å². The van der Waals surface area contributed by atoms with Crippen molar-refractivity contribution in [1.82, 2.24) is 10.2 Å². The van der Waals surface area contributed by atoms with Crippen LogP contribution in [0, 0.1) is 0 Å². The smallest absolute Gasteiger partial charge is 0.310 e. The van der Waals surface area contributed by atoms with Gasteiger partial charge in [-0.05, 0) is 26.2 Å². The number of amides is 3. The van der Waals surface area contributed by atoms with Crippen molar-refractivity contribution in [3.05, 3.63) is 0 Å². The number of rotatable bonds is 1. The minimum absolute atomic E-state index is 0.0454. The maximum absolute atomic E-state index is 11.2. The summed E-state index contributed by atoms with van der Waals surface area (Å²) in [6, 6.07) is -0.220. The highest BCUT2D eigenvalue weighted by Gasteiger charge is 2.44. The van der Waals surface area contributed by atoms with Crippen LogP contribution in [0.3, 0.4) is 0 Å². The van der Waals surface area contributed by atoms with Crippen molar-refractivity contribution in [1.29, 1.82) is 0 Å². The molecule has 0 aromatic heterocycles. The number of nitrogens with zero attached hydrogens (tertiary/aromatic N) is 1. The Morgan fingerprint density at radius 2 is 2.08 bits per heavy atom. The number of carbonyl (C=O) groups excluding carboxylic acids is 2. The first kappa shape index (κ1) is 7.58. The normalized spacial score (nSPS) is 26.9. The zero-order chi connectivity index (χ0) is 8.77. The Balaban J connectivity index is 2.13. The molecular formula is C8H12N2O2. The average molecular weight is 168 g/mol. The fourth-order valence-electron chi connectivity index (χ4n) is 1.84. The van der Waals surface area contributed by atoms with E-state index in [9.17, 15) is 9.59 Å². The minimum atomic E-state index is -0.220. The summed E-state index contributed by atoms with van der Waals surface area (Å²) in [6.45, 7) is 2.28. The van der Waals surface area contributed by atoms with Crippen molar-refractivity contribution in [2.24, 2.45) is 0 Å². The van der Waals surface area contributed by atoms with Crippen LogP contribution in [0.2, 0.25) is 0 Å². The SMILES string of the molecule is CC1(N2CC(=O)NC2=O)CCC1. The van der Waals surface area contributed by atoms with Crippen LogP contribution >= 0.6 is 0 Å². The molecule has 0 aromatic rings. The van der Waals surface area contributed by atoms with Gasteiger partial charge in [0.15, 0.2) is 0 Å². The summed E-state index contributed by atoms with van der Waals surface area (Å²) in [7, 11) is 0. The first-order chi connectivity index (χ1) is 5.62. The molecule has 1 aliphatic carbocycles. The van der Waals surface area contributed by atoms with Crippen LogP contribution in [0.1, 0.15) is 26.2 Å². The van der Waals surface area contributed by atoms with Crippen LogP contribution in [0.25, 0.3) is 0 Å². The lowest BCUT2D eigenvalue weighted by molar-refractivity contribution is -0.119. The Bertz CT molecular complexity index is 245. The van der Waals surface area contributed by atoms with E-state index in [0.29, 0.717) is 0 Å². The fourth-order valence-corrected chi connectivity index (χ4v) is 1.84. The molecule has 1 saturated heterocycles. The Labute approximate surface area is 70.9 Å². The van der Waals surface area contributed by atoms with Crippen molar-refractivity contribution in [2.75, 3.05) is 6.54 Å². The van der Waals surface area contributed by atoms with Crippen LogP contribution in [-0.4, -0.2) is 28.9 Å². The van der Waals surface area contributed by atoms with Gasteiger partial charge in [0, 0.05) is 5.54 Å². The van der Waals surface area contributed by atoms with Gasteiger partial charge in [0.25, 0.3) is 0 Å². The van der Waals surface area contributed by atoms with Gasteiger partial charge >= 0.3 is 6.03 Å². The Kier molecular flexibility index (Phi) is 1.40. The number of carbonyl (C=O) groups is 2. The summed E-state index contributed by atoms with van der Waals surface area (Å²) in [5.74, 6) is -0.173. The second-order valence-corrected chi connectivity index (χ2v) is 3.79. The Morgan fingerprint density at radius 3 is 2.42 bits per heavy atom. The molecule has 0 atom stereocenters. The van der Waals surface area contributed by atoms with Gasteiger partial charge < -0.3 is 4.90 Å². The summed E-state index contributed by atoms with van der Waals surface area (Å²) in [6.07, 6.45) is 3.20. The fraction of sp³-hybridized carbons (Fsp3) is 0.750. The maximum atomic E-state index is 11.2. The predicted octanol–water partition coefficient (Wildman–Crippen LogP) is 0.481. The third-order valence-electron chi connectivity index (χ3n) is 2.88. The number of hydrogen-bond acceptors (Lipinski definition) is 2. The summed E-state index contributed by atoms with van der Waals surface area (Å²) in [5.41, 5.74) is -0.0454. The van der Waals surface area contributed by atoms with E-state index in [2.05, 4.69) is 5.32 Å². The van der Waals surface area contributed by atoms with E-state index < -0.39 is 0 Å². The standard InChI is InChI=1S/C8H12N2O2/c1-8(3-2-4-8)10-5-6(11)9-7(10)12/h2-5H2,1H3,(H,9,11,12). The average Bonchev–Trinajstić information content (AvgIpc) is 2.25. The molecule has 3 amide bonds. The number of nitrogens with one attached hydrogen (secondary N) is 1. The highest BCUT2D eigenvalue weighted by atomic mass is 16.2. The third-order valence-corrected chi connectivity index (χ3v) is 2.88. The topological polar surface area (TPSA) is 49.4 Å². The quantitative estimate of drug-likeness (QED) is 0.579. The predicted molar refractivity (Wildman–Crippen MR) is 42.5 cm³/mol. The number of urea groups is 1. The van der Waals surface area contributed by atoms with Crippen LogP contribution in [-0.2, 0) is 4.79 Å². The molecule has 1 N–H and O–H groups in total. The maximum Gasteiger partial charge on any atom is 0.325 e. The van der Waals surface area contributed by atoms with Crippen molar-refractivity contribution >= 4 is 11.9 Å². The van der Waals surface area contributed by atoms with Gasteiger partial charge in [0.05, 0.1) is 0 Å². The minimum Gasteiger partial charge on any atom is -0.310 e. The molecule has 1 aliphatic heterocycles. The lowest BCUT2D eigenvalue weighted by Gasteiger charge is -2.44. The third kappa shape index (κ3) is 0.906. The molecule has 0 unspecified atom stereocenters. The van der Waals surface area contributed by atoms with E-state index in [-0.39, 0.29) is 24.0 Å². The van der Waals surface area contributed by atoms with Gasteiger partial charge in [-0.25, -0.2) is 4.79 Å². The highest BCUT2D eigenvalue weighted by Crippen LogP contribution is 2.37. The molecule has 0 aromatic carbocycles. The second kappa shape index (κ2) is 2.21. The van der Waals surface area contributed by atoms with Crippen molar-refractivity contribution < 1.29 is 9.59 Å². The molecule has 66 valence electrons. The zero-order valence-corrected chi connectivity index (χ0v) is 7.09. The zero-order valence-electron chi connectivity index (χ0n) is 7.09. The Hall–Kier alpha value is -1.06. The van der Waals surface area contributed by atoms with E-state index in [1.807, 2.05) is 6.92 Å². The van der Waals surface area contributed by atoms with Crippen molar-refractivity contribution in [3.63, 3.8) is 0 Å². The van der Waals surface area contributed by atoms with Gasteiger partial charge in [-0.15, -0.1) is 0 Å². The lowest BCUT2D eigenvalue weighted by atomic mass is 9.77. The molecule has 12 heavy (non-hydrogen) atoms. The first-order valence-electron chi connectivity index (χ1n) is 4.23. The molecule has 4 nitrogen and oxygen atoms in total. The molecule has 4 heteroatoms. The van der Waals surface area contributed by atoms with Crippen LogP contribution < -0.4 is 5.32 Å². The molecule has 0 radical (unpaired) electrons. The Morgan fingerprint density at radius 1 is 1.42 bits per heavy atom. The lowest BCUT2D eigenvalue weighted by Crippen LogP contribution is -2.52. The van der Waals surface area contributed by atoms with Crippen molar-refractivity contribution in [2.45, 2.75) is 31.7 Å². The first-order valence-corrected chi connectivity index (χ1v) is 4.23. The van der Waals surface area contributed by atoms with Gasteiger partial charge in [0.2, 0.25) is 5.91 Å². The molecule has 2 aliphatic rings. The number of hydrogen-bond donors (Lipinski definition) is 1. The van der Waals surface area contributed by atoms with Gasteiger partial charge in [-0.1, -0.05) is 0 Å². The summed E-state index contributed by atoms with van der Waals surface area (Å²) in [5, 5.41) is 2.29. The van der Waals surface area contributed by atoms with Crippen LogP contribution in [0.4, 0.5) is 4.79 Å². The molecule has 1 saturated carbocycles. The largest absolute Gasteiger partial charge is 0.325 e. The molecule has 0 spiro atoms. The van der Waals surface area contributed by atoms with Gasteiger partial charge in [-0.3, -0.25) is 10.1 Å². The molecule has 2 rings (SSSR count). The second-order valence-electron chi connectivity index (χ2n) is 3.79. The summed E-state index contributed by atoms with van der Waals surface area (Å²) < 4.78 is 0. The molecule has 0 bridgehead atoms. The van der Waals surface area contributed by atoms with Crippen LogP contribution in [0.15, 0.2) is 0 Å². The van der Waals surface area contributed by atoms with E-state index in [1.54, 1.807) is 4.90 Å². The van der Waals surface area contributed by atoms with E-state index in [1.165, 1.54) is 0 Å². The molecule has 2 fully saturated rings. The highest BCUT2D eigenvalue weighted by molar-refractivity contribution is 6.02. The van der Waals surface area contributed by atoms with E-state index >= 15 is 0 Å². The van der Waals surface area contributed by atoms with E-state index in [0.717, 1.165) is 19.3 Å². The van der Waals surface area contributed by atoms with Crippen LogP contribution in [0.5, 0.6) is 0 Å². The van der Waals surface area contributed by atoms with Gasteiger partial charge in [-0.2, -0.15) is 0 Å². The van der Waals surface area contributed by atoms with E-state index in [4.69, 9.17) is 0 Å². The molecular weight excluding hydrogens is 156 g/mol. The molecule has 1 heterocycles. The summed E-state index contributed by atoms with van der Waals surface area (Å²) >= 11 is 0.